The van der Waals surface area contributed by atoms with E-state index in [2.05, 4.69) is 10.3 Å². The molecular weight excluding hydrogens is 180 g/mol. The molecule has 2 heterocycles. The van der Waals surface area contributed by atoms with Crippen LogP contribution in [0.1, 0.15) is 11.7 Å². The van der Waals surface area contributed by atoms with Crippen molar-refractivity contribution in [1.29, 1.82) is 0 Å². The number of alkyl halides is 2. The van der Waals surface area contributed by atoms with Crippen LogP contribution in [0.15, 0.2) is 6.20 Å². The van der Waals surface area contributed by atoms with Crippen molar-refractivity contribution >= 4 is 0 Å². The highest BCUT2D eigenvalue weighted by Gasteiger charge is 2.47. The number of aromatic nitrogens is 3. The molecule has 1 aliphatic heterocycles. The van der Waals surface area contributed by atoms with E-state index >= 15 is 0 Å². The molecule has 72 valence electrons. The van der Waals surface area contributed by atoms with Crippen molar-refractivity contribution < 1.29 is 13.5 Å². The molecule has 0 spiro atoms. The monoisotopic (exact) mass is 189 g/mol. The molecule has 4 nitrogen and oxygen atoms in total. The summed E-state index contributed by atoms with van der Waals surface area (Å²) in [4.78, 5) is 0. The van der Waals surface area contributed by atoms with Gasteiger partial charge in [-0.15, -0.1) is 5.10 Å². The Kier molecular flexibility index (Phi) is 1.80. The lowest BCUT2D eigenvalue weighted by molar-refractivity contribution is -0.0353. The van der Waals surface area contributed by atoms with Gasteiger partial charge in [-0.25, -0.2) is 13.5 Å². The molecule has 6 heteroatoms. The summed E-state index contributed by atoms with van der Waals surface area (Å²) in [6.45, 7) is 1.17. The van der Waals surface area contributed by atoms with E-state index in [0.29, 0.717) is 5.69 Å². The van der Waals surface area contributed by atoms with Gasteiger partial charge in [0.1, 0.15) is 12.6 Å². The second-order valence-electron chi connectivity index (χ2n) is 3.13. The molecule has 1 aromatic heterocycles. The van der Waals surface area contributed by atoms with Crippen LogP contribution in [0.3, 0.4) is 0 Å². The number of halogens is 2. The summed E-state index contributed by atoms with van der Waals surface area (Å²) in [7, 11) is 0. The summed E-state index contributed by atoms with van der Waals surface area (Å²) >= 11 is 0. The standard InChI is InChI=1S/C7H9F2N3O/c1-5-2-12(11-10-5)6-3-13-4-7(6,8)9/h2,6H,3-4H2,1H3/t6-/m0/s1. The van der Waals surface area contributed by atoms with Crippen LogP contribution in [0, 0.1) is 6.92 Å². The highest BCUT2D eigenvalue weighted by atomic mass is 19.3. The Morgan fingerprint density at radius 2 is 2.46 bits per heavy atom. The molecule has 2 rings (SSSR count). The van der Waals surface area contributed by atoms with Gasteiger partial charge in [0.15, 0.2) is 0 Å². The second-order valence-corrected chi connectivity index (χ2v) is 3.13. The van der Waals surface area contributed by atoms with Crippen LogP contribution in [-0.4, -0.2) is 34.1 Å². The largest absolute Gasteiger partial charge is 0.373 e. The van der Waals surface area contributed by atoms with Crippen LogP contribution in [0.25, 0.3) is 0 Å². The van der Waals surface area contributed by atoms with Crippen LogP contribution in [0.2, 0.25) is 0 Å². The fraction of sp³-hybridized carbons (Fsp3) is 0.714. The van der Waals surface area contributed by atoms with E-state index in [0.717, 1.165) is 0 Å². The molecule has 1 atom stereocenters. The maximum atomic E-state index is 13.1. The number of aryl methyl sites for hydroxylation is 1. The van der Waals surface area contributed by atoms with Crippen molar-refractivity contribution in [3.8, 4) is 0 Å². The summed E-state index contributed by atoms with van der Waals surface area (Å²) in [5, 5.41) is 7.25. The average molecular weight is 189 g/mol. The molecule has 0 saturated carbocycles. The topological polar surface area (TPSA) is 39.9 Å². The molecule has 0 aliphatic carbocycles. The lowest BCUT2D eigenvalue weighted by atomic mass is 10.2. The lowest BCUT2D eigenvalue weighted by Crippen LogP contribution is -2.29. The predicted octanol–water partition coefficient (Wildman–Crippen LogP) is 0.793. The highest BCUT2D eigenvalue weighted by molar-refractivity contribution is 4.93. The molecule has 0 aromatic carbocycles. The van der Waals surface area contributed by atoms with Gasteiger partial charge in [0.25, 0.3) is 5.92 Å². The Hall–Kier alpha value is -1.04. The van der Waals surface area contributed by atoms with Gasteiger partial charge in [0.05, 0.1) is 12.3 Å². The lowest BCUT2D eigenvalue weighted by Gasteiger charge is -2.15. The molecule has 1 aromatic rings. The van der Waals surface area contributed by atoms with Crippen LogP contribution in [-0.2, 0) is 4.74 Å². The number of ether oxygens (including phenoxy) is 1. The third-order valence-electron chi connectivity index (χ3n) is 2.00. The van der Waals surface area contributed by atoms with Gasteiger partial charge in [-0.1, -0.05) is 5.21 Å². The van der Waals surface area contributed by atoms with E-state index in [1.54, 1.807) is 6.92 Å². The SMILES string of the molecule is Cc1cn([C@H]2COCC2(F)F)nn1. The molecule has 0 N–H and O–H groups in total. The van der Waals surface area contributed by atoms with E-state index in [1.165, 1.54) is 10.9 Å². The molecule has 13 heavy (non-hydrogen) atoms. The minimum absolute atomic E-state index is 0.00417. The van der Waals surface area contributed by atoms with Crippen LogP contribution in [0.4, 0.5) is 8.78 Å². The van der Waals surface area contributed by atoms with E-state index in [1.807, 2.05) is 0 Å². The maximum absolute atomic E-state index is 13.1. The first-order valence-electron chi connectivity index (χ1n) is 3.93. The second kappa shape index (κ2) is 2.73. The first kappa shape index (κ1) is 8.55. The zero-order chi connectivity index (χ0) is 9.47. The average Bonchev–Trinajstić information content (AvgIpc) is 2.56. The minimum atomic E-state index is -2.83. The number of hydrogen-bond donors (Lipinski definition) is 0. The fourth-order valence-electron chi connectivity index (χ4n) is 1.31. The molecule has 0 bridgehead atoms. The fourth-order valence-corrected chi connectivity index (χ4v) is 1.31. The third-order valence-corrected chi connectivity index (χ3v) is 2.00. The molecule has 0 radical (unpaired) electrons. The van der Waals surface area contributed by atoms with Crippen LogP contribution < -0.4 is 0 Å². The number of nitrogens with zero attached hydrogens (tertiary/aromatic N) is 3. The molecular formula is C7H9F2N3O. The van der Waals surface area contributed by atoms with Crippen molar-refractivity contribution in [3.63, 3.8) is 0 Å². The van der Waals surface area contributed by atoms with Crippen molar-refractivity contribution in [3.05, 3.63) is 11.9 Å². The summed E-state index contributed by atoms with van der Waals surface area (Å²) in [5.74, 6) is -2.83. The first-order valence-corrected chi connectivity index (χ1v) is 3.93. The third kappa shape index (κ3) is 1.41. The summed E-state index contributed by atoms with van der Waals surface area (Å²) in [6.07, 6.45) is 1.49. The quantitative estimate of drug-likeness (QED) is 0.655. The van der Waals surface area contributed by atoms with E-state index in [9.17, 15) is 8.78 Å². The van der Waals surface area contributed by atoms with E-state index < -0.39 is 18.6 Å². The van der Waals surface area contributed by atoms with Gasteiger partial charge < -0.3 is 4.74 Å². The molecule has 1 fully saturated rings. The Morgan fingerprint density at radius 3 is 2.92 bits per heavy atom. The predicted molar refractivity (Wildman–Crippen MR) is 39.6 cm³/mol. The molecule has 0 amide bonds. The van der Waals surface area contributed by atoms with Gasteiger partial charge in [-0.05, 0) is 6.92 Å². The Balaban J connectivity index is 2.26. The van der Waals surface area contributed by atoms with Crippen molar-refractivity contribution in [2.24, 2.45) is 0 Å². The van der Waals surface area contributed by atoms with Crippen molar-refractivity contribution in [1.82, 2.24) is 15.0 Å². The maximum Gasteiger partial charge on any atom is 0.295 e. The van der Waals surface area contributed by atoms with Crippen molar-refractivity contribution in [2.75, 3.05) is 13.2 Å². The summed E-state index contributed by atoms with van der Waals surface area (Å²) < 4.78 is 32.0. The number of hydrogen-bond acceptors (Lipinski definition) is 3. The minimum Gasteiger partial charge on any atom is -0.373 e. The Morgan fingerprint density at radius 1 is 1.69 bits per heavy atom. The van der Waals surface area contributed by atoms with Gasteiger partial charge in [-0.2, -0.15) is 0 Å². The molecule has 1 saturated heterocycles. The molecule has 1 aliphatic rings. The number of rotatable bonds is 1. The Labute approximate surface area is 73.5 Å². The van der Waals surface area contributed by atoms with Gasteiger partial charge in [0, 0.05) is 6.20 Å². The van der Waals surface area contributed by atoms with Gasteiger partial charge in [-0.3, -0.25) is 0 Å². The summed E-state index contributed by atoms with van der Waals surface area (Å²) in [5.41, 5.74) is 0.628. The van der Waals surface area contributed by atoms with Crippen molar-refractivity contribution in [2.45, 2.75) is 18.9 Å². The summed E-state index contributed by atoms with van der Waals surface area (Å²) in [6, 6.07) is -1.01. The molecule has 0 unspecified atom stereocenters. The zero-order valence-electron chi connectivity index (χ0n) is 7.07. The van der Waals surface area contributed by atoms with E-state index in [4.69, 9.17) is 4.74 Å². The normalized spacial score (nSPS) is 26.5. The van der Waals surface area contributed by atoms with Crippen LogP contribution >= 0.6 is 0 Å². The highest BCUT2D eigenvalue weighted by Crippen LogP contribution is 2.34. The van der Waals surface area contributed by atoms with Gasteiger partial charge in [0.2, 0.25) is 0 Å². The zero-order valence-corrected chi connectivity index (χ0v) is 7.07. The van der Waals surface area contributed by atoms with E-state index in [-0.39, 0.29) is 6.61 Å². The Bertz CT molecular complexity index is 312. The van der Waals surface area contributed by atoms with Gasteiger partial charge >= 0.3 is 0 Å². The first-order chi connectivity index (χ1) is 6.09. The smallest absolute Gasteiger partial charge is 0.295 e. The van der Waals surface area contributed by atoms with Crippen LogP contribution in [0.5, 0.6) is 0 Å².